The SMILES string of the molecule is O=C(NN=Cc1ccc(Oc2ccc(-c3ccco3)cc2)cc1)c1cc(-c2ccc(Cl)cc2)on1. The molecule has 35 heavy (non-hydrogen) atoms. The number of furan rings is 1. The van der Waals surface area contributed by atoms with Gasteiger partial charge in [0.15, 0.2) is 11.5 Å². The molecule has 0 unspecified atom stereocenters. The van der Waals surface area contributed by atoms with Crippen LogP contribution in [0.5, 0.6) is 11.5 Å². The number of hydrogen-bond donors (Lipinski definition) is 1. The quantitative estimate of drug-likeness (QED) is 0.203. The summed E-state index contributed by atoms with van der Waals surface area (Å²) in [5.74, 6) is 2.16. The highest BCUT2D eigenvalue weighted by Gasteiger charge is 2.13. The number of carbonyl (C=O) groups excluding carboxylic acids is 1. The molecule has 1 N–H and O–H groups in total. The van der Waals surface area contributed by atoms with E-state index in [0.717, 1.165) is 22.5 Å². The standard InChI is InChI=1S/C27H18ClN3O4/c28-21-9-5-20(6-10-21)26-16-24(31-35-26)27(32)30-29-17-18-3-11-22(12-4-18)34-23-13-7-19(8-14-23)25-2-1-15-33-25/h1-17H,(H,30,32). The first kappa shape index (κ1) is 22.2. The van der Waals surface area contributed by atoms with Crippen LogP contribution in [0.4, 0.5) is 0 Å². The second-order valence-corrected chi connectivity index (χ2v) is 7.89. The van der Waals surface area contributed by atoms with Crippen molar-refractivity contribution in [2.24, 2.45) is 5.10 Å². The maximum absolute atomic E-state index is 12.3. The van der Waals surface area contributed by atoms with Gasteiger partial charge >= 0.3 is 0 Å². The number of amides is 1. The van der Waals surface area contributed by atoms with Crippen LogP contribution in [0.3, 0.4) is 0 Å². The summed E-state index contributed by atoms with van der Waals surface area (Å²) in [6.07, 6.45) is 3.17. The molecule has 0 aliphatic carbocycles. The van der Waals surface area contributed by atoms with Crippen LogP contribution in [-0.4, -0.2) is 17.3 Å². The van der Waals surface area contributed by atoms with Crippen molar-refractivity contribution < 1.29 is 18.5 Å². The Balaban J connectivity index is 1.15. The zero-order valence-electron chi connectivity index (χ0n) is 18.2. The number of ether oxygens (including phenoxy) is 1. The van der Waals surface area contributed by atoms with E-state index in [2.05, 4.69) is 15.7 Å². The Morgan fingerprint density at radius 2 is 1.54 bits per heavy atom. The normalized spacial score (nSPS) is 11.0. The van der Waals surface area contributed by atoms with Gasteiger partial charge in [-0.3, -0.25) is 4.79 Å². The first-order valence-corrected chi connectivity index (χ1v) is 11.0. The highest BCUT2D eigenvalue weighted by molar-refractivity contribution is 6.30. The van der Waals surface area contributed by atoms with Crippen molar-refractivity contribution in [3.8, 4) is 34.1 Å². The molecule has 5 aromatic rings. The van der Waals surface area contributed by atoms with E-state index in [1.54, 1.807) is 36.6 Å². The largest absolute Gasteiger partial charge is 0.464 e. The molecular weight excluding hydrogens is 466 g/mol. The Kier molecular flexibility index (Phi) is 6.41. The zero-order valence-corrected chi connectivity index (χ0v) is 19.0. The Labute approximate surface area is 205 Å². The lowest BCUT2D eigenvalue weighted by atomic mass is 10.1. The van der Waals surface area contributed by atoms with Crippen molar-refractivity contribution in [2.75, 3.05) is 0 Å². The lowest BCUT2D eigenvalue weighted by molar-refractivity contribution is 0.0946. The summed E-state index contributed by atoms with van der Waals surface area (Å²) in [5.41, 5.74) is 5.08. The van der Waals surface area contributed by atoms with Crippen molar-refractivity contribution in [2.45, 2.75) is 0 Å². The van der Waals surface area contributed by atoms with Crippen molar-refractivity contribution >= 4 is 23.7 Å². The Morgan fingerprint density at radius 3 is 2.23 bits per heavy atom. The maximum Gasteiger partial charge on any atom is 0.293 e. The minimum atomic E-state index is -0.483. The van der Waals surface area contributed by atoms with Crippen molar-refractivity contribution in [3.05, 3.63) is 114 Å². The highest BCUT2D eigenvalue weighted by Crippen LogP contribution is 2.26. The van der Waals surface area contributed by atoms with Crippen LogP contribution in [0.25, 0.3) is 22.6 Å². The Morgan fingerprint density at radius 1 is 0.886 bits per heavy atom. The first-order chi connectivity index (χ1) is 17.1. The third-order valence-corrected chi connectivity index (χ3v) is 5.28. The highest BCUT2D eigenvalue weighted by atomic mass is 35.5. The summed E-state index contributed by atoms with van der Waals surface area (Å²) in [7, 11) is 0. The third kappa shape index (κ3) is 5.48. The molecule has 3 aromatic carbocycles. The van der Waals surface area contributed by atoms with Gasteiger partial charge in [-0.1, -0.05) is 16.8 Å². The van der Waals surface area contributed by atoms with Gasteiger partial charge in [0, 0.05) is 22.2 Å². The van der Waals surface area contributed by atoms with Crippen LogP contribution in [0, 0.1) is 0 Å². The van der Waals surface area contributed by atoms with Crippen molar-refractivity contribution in [3.63, 3.8) is 0 Å². The summed E-state index contributed by atoms with van der Waals surface area (Å²) in [4.78, 5) is 12.3. The summed E-state index contributed by atoms with van der Waals surface area (Å²) in [6.45, 7) is 0. The van der Waals surface area contributed by atoms with E-state index in [1.165, 1.54) is 6.21 Å². The molecule has 172 valence electrons. The van der Waals surface area contributed by atoms with Crippen LogP contribution in [0.1, 0.15) is 16.1 Å². The predicted octanol–water partition coefficient (Wildman–Crippen LogP) is 6.81. The number of rotatable bonds is 7. The fourth-order valence-corrected chi connectivity index (χ4v) is 3.37. The van der Waals surface area contributed by atoms with Gasteiger partial charge in [-0.2, -0.15) is 5.10 Å². The van der Waals surface area contributed by atoms with Crippen LogP contribution in [-0.2, 0) is 0 Å². The van der Waals surface area contributed by atoms with E-state index in [0.29, 0.717) is 22.3 Å². The molecule has 0 aliphatic rings. The molecule has 1 amide bonds. The maximum atomic E-state index is 12.3. The molecule has 0 aliphatic heterocycles. The van der Waals surface area contributed by atoms with E-state index in [1.807, 2.05) is 60.7 Å². The molecule has 5 rings (SSSR count). The van der Waals surface area contributed by atoms with Gasteiger partial charge in [-0.05, 0) is 90.5 Å². The van der Waals surface area contributed by atoms with Gasteiger partial charge in [0.25, 0.3) is 5.91 Å². The second-order valence-electron chi connectivity index (χ2n) is 7.46. The minimum absolute atomic E-state index is 0.119. The average molecular weight is 484 g/mol. The van der Waals surface area contributed by atoms with Crippen LogP contribution >= 0.6 is 11.6 Å². The molecule has 8 heteroatoms. The fourth-order valence-electron chi connectivity index (χ4n) is 3.24. The van der Waals surface area contributed by atoms with Gasteiger partial charge < -0.3 is 13.7 Å². The number of nitrogens with one attached hydrogen (secondary N) is 1. The lowest BCUT2D eigenvalue weighted by Gasteiger charge is -2.06. The number of halogens is 1. The van der Waals surface area contributed by atoms with Crippen LogP contribution in [0.2, 0.25) is 5.02 Å². The average Bonchev–Trinajstić information content (AvgIpc) is 3.59. The molecule has 0 radical (unpaired) electrons. The van der Waals surface area contributed by atoms with Gasteiger partial charge in [0.05, 0.1) is 12.5 Å². The lowest BCUT2D eigenvalue weighted by Crippen LogP contribution is -2.17. The molecule has 0 atom stereocenters. The van der Waals surface area contributed by atoms with Crippen molar-refractivity contribution in [1.29, 1.82) is 0 Å². The van der Waals surface area contributed by atoms with Crippen LogP contribution in [0.15, 0.2) is 111 Å². The summed E-state index contributed by atoms with van der Waals surface area (Å²) >= 11 is 5.89. The monoisotopic (exact) mass is 483 g/mol. The molecule has 0 bridgehead atoms. The molecule has 2 aromatic heterocycles. The van der Waals surface area contributed by atoms with E-state index in [-0.39, 0.29) is 5.69 Å². The molecule has 0 fully saturated rings. The van der Waals surface area contributed by atoms with Crippen molar-refractivity contribution in [1.82, 2.24) is 10.6 Å². The van der Waals surface area contributed by atoms with Gasteiger partial charge in [-0.25, -0.2) is 5.43 Å². The Hall–Kier alpha value is -4.62. The van der Waals surface area contributed by atoms with Gasteiger partial charge in [-0.15, -0.1) is 0 Å². The van der Waals surface area contributed by atoms with E-state index >= 15 is 0 Å². The smallest absolute Gasteiger partial charge is 0.293 e. The predicted molar refractivity (Wildman–Crippen MR) is 133 cm³/mol. The van der Waals surface area contributed by atoms with Gasteiger partial charge in [0.2, 0.25) is 0 Å². The topological polar surface area (TPSA) is 89.9 Å². The molecule has 2 heterocycles. The molecule has 0 saturated carbocycles. The zero-order chi connectivity index (χ0) is 24.0. The number of nitrogens with zero attached hydrogens (tertiary/aromatic N) is 2. The number of carbonyl (C=O) groups is 1. The summed E-state index contributed by atoms with van der Waals surface area (Å²) in [6, 6.07) is 27.3. The molecular formula is C27H18ClN3O4. The third-order valence-electron chi connectivity index (χ3n) is 5.03. The van der Waals surface area contributed by atoms with E-state index in [4.69, 9.17) is 25.3 Å². The number of benzene rings is 3. The van der Waals surface area contributed by atoms with Gasteiger partial charge in [0.1, 0.15) is 17.3 Å². The van der Waals surface area contributed by atoms with Crippen LogP contribution < -0.4 is 10.2 Å². The van der Waals surface area contributed by atoms with E-state index < -0.39 is 5.91 Å². The molecule has 0 saturated heterocycles. The summed E-state index contributed by atoms with van der Waals surface area (Å²) in [5, 5.41) is 8.39. The number of hydrazone groups is 1. The molecule has 7 nitrogen and oxygen atoms in total. The first-order valence-electron chi connectivity index (χ1n) is 10.6. The number of aromatic nitrogens is 1. The second kappa shape index (κ2) is 10.1. The Bertz CT molecular complexity index is 1440. The van der Waals surface area contributed by atoms with E-state index in [9.17, 15) is 4.79 Å². The fraction of sp³-hybridized carbons (Fsp3) is 0. The minimum Gasteiger partial charge on any atom is -0.464 e. The molecule has 0 spiro atoms. The summed E-state index contributed by atoms with van der Waals surface area (Å²) < 4.78 is 16.5. The number of hydrogen-bond acceptors (Lipinski definition) is 6.